The monoisotopic (exact) mass is 250 g/mol. The Morgan fingerprint density at radius 3 is 3.06 bits per heavy atom. The average Bonchev–Trinajstić information content (AvgIpc) is 2.75. The molecule has 0 radical (unpaired) electrons. The number of hydrogen-bond donors (Lipinski definition) is 0. The summed E-state index contributed by atoms with van der Waals surface area (Å²) >= 11 is 1.92. The molecule has 0 amide bonds. The summed E-state index contributed by atoms with van der Waals surface area (Å²) in [6.45, 7) is 8.59. The minimum atomic E-state index is 0.845. The first-order chi connectivity index (χ1) is 8.33. The molecule has 3 rings (SSSR count). The molecule has 3 heterocycles. The molecular formula is C14H22N2S. The molecule has 94 valence electrons. The van der Waals surface area contributed by atoms with E-state index in [1.54, 1.807) is 4.88 Å². The van der Waals surface area contributed by atoms with E-state index in [0.717, 1.165) is 6.04 Å². The normalized spacial score (nSPS) is 27.0. The second-order valence-corrected chi connectivity index (χ2v) is 6.45. The smallest absolute Gasteiger partial charge is 0.0331 e. The van der Waals surface area contributed by atoms with Crippen LogP contribution in [0.5, 0.6) is 0 Å². The second-order valence-electron chi connectivity index (χ2n) is 5.45. The Balaban J connectivity index is 1.60. The Kier molecular flexibility index (Phi) is 3.50. The van der Waals surface area contributed by atoms with Crippen LogP contribution in [0.25, 0.3) is 0 Å². The average molecular weight is 250 g/mol. The van der Waals surface area contributed by atoms with Crippen LogP contribution in [0.1, 0.15) is 29.7 Å². The molecule has 1 aromatic heterocycles. The number of thiophene rings is 1. The maximum absolute atomic E-state index is 2.71. The van der Waals surface area contributed by atoms with Crippen LogP contribution in [-0.2, 0) is 6.54 Å². The highest BCUT2D eigenvalue weighted by Crippen LogP contribution is 2.24. The van der Waals surface area contributed by atoms with Crippen molar-refractivity contribution in [3.8, 4) is 0 Å². The SMILES string of the molecule is Cc1ccsc1CN1CCN2CCCCC2C1. The number of fused-ring (bicyclic) bond motifs is 1. The lowest BCUT2D eigenvalue weighted by atomic mass is 9.99. The lowest BCUT2D eigenvalue weighted by Crippen LogP contribution is -2.54. The highest BCUT2D eigenvalue weighted by molar-refractivity contribution is 7.10. The van der Waals surface area contributed by atoms with Crippen molar-refractivity contribution in [1.82, 2.24) is 9.80 Å². The van der Waals surface area contributed by atoms with Crippen molar-refractivity contribution in [1.29, 1.82) is 0 Å². The van der Waals surface area contributed by atoms with Gasteiger partial charge in [0.25, 0.3) is 0 Å². The zero-order chi connectivity index (χ0) is 11.7. The molecule has 17 heavy (non-hydrogen) atoms. The van der Waals surface area contributed by atoms with Gasteiger partial charge in [-0.1, -0.05) is 6.42 Å². The van der Waals surface area contributed by atoms with E-state index in [4.69, 9.17) is 0 Å². The van der Waals surface area contributed by atoms with Crippen molar-refractivity contribution in [3.05, 3.63) is 21.9 Å². The molecular weight excluding hydrogens is 228 g/mol. The van der Waals surface area contributed by atoms with Gasteiger partial charge in [-0.05, 0) is 43.3 Å². The molecule has 1 unspecified atom stereocenters. The zero-order valence-corrected chi connectivity index (χ0v) is 11.5. The van der Waals surface area contributed by atoms with E-state index in [0.29, 0.717) is 0 Å². The van der Waals surface area contributed by atoms with E-state index in [2.05, 4.69) is 28.2 Å². The number of piperazine rings is 1. The van der Waals surface area contributed by atoms with Gasteiger partial charge in [0.15, 0.2) is 0 Å². The van der Waals surface area contributed by atoms with E-state index in [-0.39, 0.29) is 0 Å². The van der Waals surface area contributed by atoms with Crippen LogP contribution < -0.4 is 0 Å². The van der Waals surface area contributed by atoms with E-state index < -0.39 is 0 Å². The van der Waals surface area contributed by atoms with Crippen LogP contribution >= 0.6 is 11.3 Å². The Hall–Kier alpha value is -0.380. The first-order valence-electron chi connectivity index (χ1n) is 6.82. The lowest BCUT2D eigenvalue weighted by molar-refractivity contribution is 0.0461. The summed E-state index contributed by atoms with van der Waals surface area (Å²) in [5, 5.41) is 2.22. The summed E-state index contributed by atoms with van der Waals surface area (Å²) in [4.78, 5) is 6.93. The third-order valence-corrected chi connectivity index (χ3v) is 5.26. The Labute approximate surface area is 108 Å². The van der Waals surface area contributed by atoms with Gasteiger partial charge in [-0.15, -0.1) is 11.3 Å². The molecule has 2 aliphatic heterocycles. The molecule has 0 bridgehead atoms. The fraction of sp³-hybridized carbons (Fsp3) is 0.714. The fourth-order valence-corrected chi connectivity index (χ4v) is 4.08. The number of piperidine rings is 1. The highest BCUT2D eigenvalue weighted by atomic mass is 32.1. The van der Waals surface area contributed by atoms with E-state index in [9.17, 15) is 0 Å². The van der Waals surface area contributed by atoms with E-state index >= 15 is 0 Å². The van der Waals surface area contributed by atoms with Crippen LogP contribution in [0.2, 0.25) is 0 Å². The van der Waals surface area contributed by atoms with Gasteiger partial charge in [-0.3, -0.25) is 9.80 Å². The summed E-state index contributed by atoms with van der Waals surface area (Å²) in [5.74, 6) is 0. The molecule has 2 saturated heterocycles. The van der Waals surface area contributed by atoms with Crippen LogP contribution in [0.15, 0.2) is 11.4 Å². The third kappa shape index (κ3) is 2.56. The van der Waals surface area contributed by atoms with E-state index in [1.807, 2.05) is 11.3 Å². The van der Waals surface area contributed by atoms with Gasteiger partial charge in [-0.25, -0.2) is 0 Å². The van der Waals surface area contributed by atoms with Gasteiger partial charge in [0.2, 0.25) is 0 Å². The summed E-state index contributed by atoms with van der Waals surface area (Å²) in [6, 6.07) is 3.09. The van der Waals surface area contributed by atoms with Crippen LogP contribution in [0.3, 0.4) is 0 Å². The molecule has 0 spiro atoms. The lowest BCUT2D eigenvalue weighted by Gasteiger charge is -2.44. The highest BCUT2D eigenvalue weighted by Gasteiger charge is 2.28. The predicted octanol–water partition coefficient (Wildman–Crippen LogP) is 2.73. The standard InChI is InChI=1S/C14H22N2S/c1-12-5-9-17-14(12)11-15-7-8-16-6-3-2-4-13(16)10-15/h5,9,13H,2-4,6-8,10-11H2,1H3. The second kappa shape index (κ2) is 5.09. The molecule has 3 heteroatoms. The van der Waals surface area contributed by atoms with Crippen LogP contribution in [0.4, 0.5) is 0 Å². The largest absolute Gasteiger partial charge is 0.298 e. The van der Waals surface area contributed by atoms with E-state index in [1.165, 1.54) is 57.5 Å². The Morgan fingerprint density at radius 1 is 1.29 bits per heavy atom. The number of rotatable bonds is 2. The van der Waals surface area contributed by atoms with Gasteiger partial charge in [0.1, 0.15) is 0 Å². The number of nitrogens with zero attached hydrogens (tertiary/aromatic N) is 2. The van der Waals surface area contributed by atoms with Crippen molar-refractivity contribution in [2.24, 2.45) is 0 Å². The minimum absolute atomic E-state index is 0.845. The fourth-order valence-electron chi connectivity index (χ4n) is 3.13. The summed E-state index contributed by atoms with van der Waals surface area (Å²) < 4.78 is 0. The molecule has 0 N–H and O–H groups in total. The van der Waals surface area contributed by atoms with Crippen molar-refractivity contribution in [2.75, 3.05) is 26.2 Å². The van der Waals surface area contributed by atoms with Crippen LogP contribution in [0, 0.1) is 6.92 Å². The first-order valence-corrected chi connectivity index (χ1v) is 7.70. The summed E-state index contributed by atoms with van der Waals surface area (Å²) in [5.41, 5.74) is 1.47. The maximum Gasteiger partial charge on any atom is 0.0331 e. The molecule has 2 nitrogen and oxygen atoms in total. The van der Waals surface area contributed by atoms with Gasteiger partial charge in [0, 0.05) is 37.1 Å². The van der Waals surface area contributed by atoms with Gasteiger partial charge in [0.05, 0.1) is 0 Å². The van der Waals surface area contributed by atoms with Crippen molar-refractivity contribution in [3.63, 3.8) is 0 Å². The quantitative estimate of drug-likeness (QED) is 0.796. The molecule has 2 aliphatic rings. The maximum atomic E-state index is 2.71. The minimum Gasteiger partial charge on any atom is -0.298 e. The Morgan fingerprint density at radius 2 is 2.24 bits per heavy atom. The zero-order valence-electron chi connectivity index (χ0n) is 10.7. The van der Waals surface area contributed by atoms with Gasteiger partial charge in [-0.2, -0.15) is 0 Å². The molecule has 0 aromatic carbocycles. The van der Waals surface area contributed by atoms with Crippen LogP contribution in [-0.4, -0.2) is 42.0 Å². The van der Waals surface area contributed by atoms with Gasteiger partial charge < -0.3 is 0 Å². The van der Waals surface area contributed by atoms with Crippen molar-refractivity contribution in [2.45, 2.75) is 38.8 Å². The first kappa shape index (κ1) is 11.7. The number of hydrogen-bond acceptors (Lipinski definition) is 3. The molecule has 2 fully saturated rings. The number of aryl methyl sites for hydroxylation is 1. The predicted molar refractivity (Wildman–Crippen MR) is 73.5 cm³/mol. The third-order valence-electron chi connectivity index (χ3n) is 4.26. The molecule has 0 saturated carbocycles. The topological polar surface area (TPSA) is 6.48 Å². The molecule has 1 atom stereocenters. The van der Waals surface area contributed by atoms with Crippen molar-refractivity contribution < 1.29 is 0 Å². The molecule has 1 aromatic rings. The Bertz CT molecular complexity index is 374. The molecule has 0 aliphatic carbocycles. The summed E-state index contributed by atoms with van der Waals surface area (Å²) in [6.07, 6.45) is 4.27. The van der Waals surface area contributed by atoms with Crippen molar-refractivity contribution >= 4 is 11.3 Å². The summed E-state index contributed by atoms with van der Waals surface area (Å²) in [7, 11) is 0. The van der Waals surface area contributed by atoms with Gasteiger partial charge >= 0.3 is 0 Å².